The van der Waals surface area contributed by atoms with E-state index < -0.39 is 0 Å². The first kappa shape index (κ1) is 15.4. The number of hydrogen-bond donors (Lipinski definition) is 1. The van der Waals surface area contributed by atoms with Crippen molar-refractivity contribution in [1.29, 1.82) is 0 Å². The van der Waals surface area contributed by atoms with Crippen molar-refractivity contribution in [2.75, 3.05) is 13.6 Å². The molecule has 3 aromatic rings. The molecule has 0 saturated carbocycles. The zero-order valence-electron chi connectivity index (χ0n) is 12.9. The number of fused-ring (bicyclic) bond motifs is 1. The Balaban J connectivity index is 1.72. The van der Waals surface area contributed by atoms with E-state index in [1.807, 2.05) is 31.3 Å². The first-order valence-electron chi connectivity index (χ1n) is 7.52. The quantitative estimate of drug-likeness (QED) is 0.788. The molecule has 2 heterocycles. The van der Waals surface area contributed by atoms with Crippen LogP contribution in [0.2, 0.25) is 0 Å². The minimum atomic E-state index is -0.353. The summed E-state index contributed by atoms with van der Waals surface area (Å²) in [6, 6.07) is 12.1. The maximum Gasteiger partial charge on any atom is 0.252 e. The highest BCUT2D eigenvalue weighted by Crippen LogP contribution is 2.13. The van der Waals surface area contributed by atoms with Gasteiger partial charge in [0.15, 0.2) is 0 Å². The number of hydrogen-bond acceptors (Lipinski definition) is 3. The molecular weight excluding hydrogens is 293 g/mol. The summed E-state index contributed by atoms with van der Waals surface area (Å²) in [6.45, 7) is 1.34. The Kier molecular flexibility index (Phi) is 4.48. The third-order valence-electron chi connectivity index (χ3n) is 3.80. The number of halogens is 1. The lowest BCUT2D eigenvalue weighted by Gasteiger charge is -2.16. The number of H-pyrrole nitrogens is 1. The Hall–Kier alpha value is -2.53. The van der Waals surface area contributed by atoms with Gasteiger partial charge in [0.2, 0.25) is 0 Å². The summed E-state index contributed by atoms with van der Waals surface area (Å²) in [5.74, 6) is -0.353. The average molecular weight is 311 g/mol. The van der Waals surface area contributed by atoms with Crippen molar-refractivity contribution in [3.63, 3.8) is 0 Å². The van der Waals surface area contributed by atoms with Gasteiger partial charge >= 0.3 is 0 Å². The second kappa shape index (κ2) is 6.71. The monoisotopic (exact) mass is 311 g/mol. The van der Waals surface area contributed by atoms with Crippen LogP contribution in [0.4, 0.5) is 4.39 Å². The second-order valence-corrected chi connectivity index (χ2v) is 5.66. The Bertz CT molecular complexity index is 861. The first-order chi connectivity index (χ1) is 11.1. The summed E-state index contributed by atoms with van der Waals surface area (Å²) in [4.78, 5) is 21.3. The van der Waals surface area contributed by atoms with Gasteiger partial charge in [-0.05, 0) is 48.8 Å². The number of rotatable bonds is 5. The highest BCUT2D eigenvalue weighted by Gasteiger charge is 2.07. The minimum absolute atomic E-state index is 0.173. The molecule has 5 heteroatoms. The highest BCUT2D eigenvalue weighted by molar-refractivity contribution is 5.78. The molecule has 3 rings (SSSR count). The molecule has 0 aliphatic rings. The molecule has 0 saturated heterocycles. The van der Waals surface area contributed by atoms with E-state index in [4.69, 9.17) is 0 Å². The summed E-state index contributed by atoms with van der Waals surface area (Å²) < 4.78 is 13.2. The molecule has 0 amide bonds. The third-order valence-corrected chi connectivity index (χ3v) is 3.80. The number of aromatic nitrogens is 2. The molecule has 0 unspecified atom stereocenters. The van der Waals surface area contributed by atoms with Gasteiger partial charge in [0, 0.05) is 37.0 Å². The fourth-order valence-corrected chi connectivity index (χ4v) is 2.56. The summed E-state index contributed by atoms with van der Waals surface area (Å²) in [5, 5.41) is 0.833. The topological polar surface area (TPSA) is 49.0 Å². The highest BCUT2D eigenvalue weighted by atomic mass is 19.1. The van der Waals surface area contributed by atoms with Gasteiger partial charge in [-0.2, -0.15) is 0 Å². The van der Waals surface area contributed by atoms with Crippen LogP contribution in [0.25, 0.3) is 10.9 Å². The molecule has 0 radical (unpaired) electrons. The number of likely N-dealkylation sites (N-methyl/N-ethyl adjacent to an activating group) is 1. The van der Waals surface area contributed by atoms with E-state index in [9.17, 15) is 9.18 Å². The molecule has 23 heavy (non-hydrogen) atoms. The van der Waals surface area contributed by atoms with Crippen molar-refractivity contribution in [2.24, 2.45) is 0 Å². The van der Waals surface area contributed by atoms with Gasteiger partial charge in [-0.25, -0.2) is 4.39 Å². The molecule has 118 valence electrons. The Morgan fingerprint density at radius 2 is 2.09 bits per heavy atom. The predicted molar refractivity (Wildman–Crippen MR) is 88.8 cm³/mol. The SMILES string of the molecule is CN(CCc1ccccn1)Cc1cc2ccc(F)cc2[nH]c1=O. The number of nitrogens with zero attached hydrogens (tertiary/aromatic N) is 2. The van der Waals surface area contributed by atoms with Gasteiger partial charge in [-0.1, -0.05) is 6.07 Å². The third kappa shape index (κ3) is 3.81. The van der Waals surface area contributed by atoms with Crippen LogP contribution < -0.4 is 5.56 Å². The second-order valence-electron chi connectivity index (χ2n) is 5.66. The van der Waals surface area contributed by atoms with Crippen LogP contribution in [0.15, 0.2) is 53.5 Å². The standard InChI is InChI=1S/C18H18FN3O/c1-22(9-7-16-4-2-3-8-20-16)12-14-10-13-5-6-15(19)11-17(13)21-18(14)23/h2-6,8,10-11H,7,9,12H2,1H3,(H,21,23). The van der Waals surface area contributed by atoms with Gasteiger partial charge in [0.05, 0.1) is 5.52 Å². The van der Waals surface area contributed by atoms with Crippen LogP contribution in [-0.2, 0) is 13.0 Å². The van der Waals surface area contributed by atoms with E-state index >= 15 is 0 Å². The molecular formula is C18H18FN3O. The molecule has 0 aliphatic heterocycles. The van der Waals surface area contributed by atoms with Crippen LogP contribution in [0, 0.1) is 5.82 Å². The van der Waals surface area contributed by atoms with Gasteiger partial charge in [0.1, 0.15) is 5.82 Å². The molecule has 0 atom stereocenters. The van der Waals surface area contributed by atoms with E-state index in [1.54, 1.807) is 12.3 Å². The van der Waals surface area contributed by atoms with E-state index in [0.717, 1.165) is 24.0 Å². The van der Waals surface area contributed by atoms with Crippen molar-refractivity contribution in [1.82, 2.24) is 14.9 Å². The molecule has 0 fully saturated rings. The molecule has 2 aromatic heterocycles. The van der Waals surface area contributed by atoms with E-state index in [1.165, 1.54) is 12.1 Å². The van der Waals surface area contributed by atoms with Gasteiger partial charge in [-0.3, -0.25) is 9.78 Å². The Labute approximate surface area is 133 Å². The summed E-state index contributed by atoms with van der Waals surface area (Å²) in [7, 11) is 1.97. The maximum absolute atomic E-state index is 13.2. The lowest BCUT2D eigenvalue weighted by atomic mass is 10.1. The van der Waals surface area contributed by atoms with E-state index in [0.29, 0.717) is 17.6 Å². The van der Waals surface area contributed by atoms with Gasteiger partial charge in [-0.15, -0.1) is 0 Å². The Morgan fingerprint density at radius 1 is 1.22 bits per heavy atom. The average Bonchev–Trinajstić information content (AvgIpc) is 2.55. The Morgan fingerprint density at radius 3 is 2.87 bits per heavy atom. The molecule has 1 aromatic carbocycles. The fraction of sp³-hybridized carbons (Fsp3) is 0.222. The fourth-order valence-electron chi connectivity index (χ4n) is 2.56. The molecule has 0 aliphatic carbocycles. The van der Waals surface area contributed by atoms with E-state index in [2.05, 4.69) is 14.9 Å². The van der Waals surface area contributed by atoms with Crippen molar-refractivity contribution in [2.45, 2.75) is 13.0 Å². The van der Waals surface area contributed by atoms with Crippen molar-refractivity contribution < 1.29 is 4.39 Å². The molecule has 0 spiro atoms. The van der Waals surface area contributed by atoms with E-state index in [-0.39, 0.29) is 11.4 Å². The van der Waals surface area contributed by atoms with Gasteiger partial charge in [0.25, 0.3) is 5.56 Å². The number of pyridine rings is 2. The van der Waals surface area contributed by atoms with Crippen molar-refractivity contribution in [3.05, 3.63) is 76.1 Å². The van der Waals surface area contributed by atoms with Crippen molar-refractivity contribution >= 4 is 10.9 Å². The van der Waals surface area contributed by atoms with Crippen LogP contribution in [0.1, 0.15) is 11.3 Å². The number of aromatic amines is 1. The molecule has 0 bridgehead atoms. The molecule has 1 N–H and O–H groups in total. The number of benzene rings is 1. The molecule has 4 nitrogen and oxygen atoms in total. The lowest BCUT2D eigenvalue weighted by Crippen LogP contribution is -2.25. The van der Waals surface area contributed by atoms with Crippen molar-refractivity contribution in [3.8, 4) is 0 Å². The minimum Gasteiger partial charge on any atom is -0.322 e. The normalized spacial score (nSPS) is 11.3. The zero-order chi connectivity index (χ0) is 16.2. The summed E-state index contributed by atoms with van der Waals surface area (Å²) >= 11 is 0. The smallest absolute Gasteiger partial charge is 0.252 e. The van der Waals surface area contributed by atoms with Crippen LogP contribution >= 0.6 is 0 Å². The van der Waals surface area contributed by atoms with Crippen LogP contribution in [0.3, 0.4) is 0 Å². The first-order valence-corrected chi connectivity index (χ1v) is 7.52. The number of nitrogens with one attached hydrogen (secondary N) is 1. The predicted octanol–water partition coefficient (Wildman–Crippen LogP) is 2.74. The lowest BCUT2D eigenvalue weighted by molar-refractivity contribution is 0.329. The summed E-state index contributed by atoms with van der Waals surface area (Å²) in [6.07, 6.45) is 2.61. The largest absolute Gasteiger partial charge is 0.322 e. The van der Waals surface area contributed by atoms with Gasteiger partial charge < -0.3 is 9.88 Å². The maximum atomic E-state index is 13.2. The van der Waals surface area contributed by atoms with Crippen LogP contribution in [0.5, 0.6) is 0 Å². The zero-order valence-corrected chi connectivity index (χ0v) is 12.9. The summed E-state index contributed by atoms with van der Waals surface area (Å²) in [5.41, 5.74) is 2.05. The van der Waals surface area contributed by atoms with Crippen LogP contribution in [-0.4, -0.2) is 28.5 Å².